The zero-order chi connectivity index (χ0) is 42.9. The van der Waals surface area contributed by atoms with Gasteiger partial charge in [-0.2, -0.15) is 0 Å². The van der Waals surface area contributed by atoms with E-state index in [0.29, 0.717) is 11.1 Å². The van der Waals surface area contributed by atoms with Crippen molar-refractivity contribution in [2.45, 2.75) is 62.3 Å². The highest BCUT2D eigenvalue weighted by molar-refractivity contribution is 6.02. The van der Waals surface area contributed by atoms with Gasteiger partial charge in [-0.15, -0.1) is 12.8 Å². The number of terminal acetylenes is 2. The van der Waals surface area contributed by atoms with E-state index in [1.165, 1.54) is 55.6 Å². The van der Waals surface area contributed by atoms with E-state index in [2.05, 4.69) is 169 Å². The molecule has 0 saturated carbocycles. The van der Waals surface area contributed by atoms with E-state index in [1.807, 2.05) is 18.2 Å². The Balaban J connectivity index is 1.56. The van der Waals surface area contributed by atoms with Crippen molar-refractivity contribution >= 4 is 46.4 Å². The molecule has 3 aromatic heterocycles. The van der Waals surface area contributed by atoms with Gasteiger partial charge in [-0.1, -0.05) is 71.0 Å². The molecule has 0 amide bonds. The molecule has 2 N–H and O–H groups in total. The summed E-state index contributed by atoms with van der Waals surface area (Å²) in [6.07, 6.45) is 21.1. The van der Waals surface area contributed by atoms with E-state index < -0.39 is 0 Å². The van der Waals surface area contributed by atoms with Crippen LogP contribution in [0.1, 0.15) is 84.0 Å². The molecule has 4 aromatic carbocycles. The molecule has 0 aliphatic carbocycles. The second-order valence-corrected chi connectivity index (χ2v) is 16.8. The van der Waals surface area contributed by atoms with Gasteiger partial charge in [0.25, 0.3) is 0 Å². The van der Waals surface area contributed by atoms with Gasteiger partial charge in [-0.3, -0.25) is 0 Å². The van der Waals surface area contributed by atoms with Crippen LogP contribution in [0.3, 0.4) is 0 Å². The van der Waals surface area contributed by atoms with Gasteiger partial charge in [0.05, 0.1) is 22.8 Å². The van der Waals surface area contributed by atoms with Crippen molar-refractivity contribution in [3.05, 3.63) is 163 Å². The molecule has 0 atom stereocenters. The first-order chi connectivity index (χ1) is 29.3. The zero-order valence-corrected chi connectivity index (χ0v) is 36.4. The molecule has 7 aromatic rings. The van der Waals surface area contributed by atoms with Crippen molar-refractivity contribution in [2.75, 3.05) is 0 Å². The molecular formula is C57H48N4. The minimum atomic E-state index is 0.700. The first kappa shape index (κ1) is 39.1. The molecule has 9 rings (SSSR count). The lowest BCUT2D eigenvalue weighted by Gasteiger charge is -2.14. The van der Waals surface area contributed by atoms with Crippen LogP contribution in [-0.4, -0.2) is 19.9 Å². The van der Waals surface area contributed by atoms with Crippen LogP contribution in [0.5, 0.6) is 0 Å². The van der Waals surface area contributed by atoms with Crippen LogP contribution in [0.15, 0.2) is 78.9 Å². The molecule has 0 saturated heterocycles. The molecule has 2 aliphatic heterocycles. The van der Waals surface area contributed by atoms with E-state index in [4.69, 9.17) is 22.8 Å². The Bertz CT molecular complexity index is 3200. The smallest absolute Gasteiger partial charge is 0.0738 e. The number of aromatic amines is 2. The predicted octanol–water partition coefficient (Wildman–Crippen LogP) is 14.1. The quantitative estimate of drug-likeness (QED) is 0.175. The number of fused-ring (bicyclic) bond motifs is 8. The minimum Gasteiger partial charge on any atom is -0.354 e. The SMILES string of the molecule is C#Cc1cccc(C#C)c1-c1c2nc(c(-c3c(C)cc(C)cc3C)c3ccc([nH]3)c(-c3c(C)cc(C)cc3C)c3nc(c(-c4c(C)cc(C)cc4C)c4ccc1[nH]4)C=C3)C=C2. The fourth-order valence-electron chi connectivity index (χ4n) is 10.0. The molecule has 61 heavy (non-hydrogen) atoms. The predicted molar refractivity (Wildman–Crippen MR) is 259 cm³/mol. The van der Waals surface area contributed by atoms with Gasteiger partial charge < -0.3 is 9.97 Å². The highest BCUT2D eigenvalue weighted by Crippen LogP contribution is 2.43. The summed E-state index contributed by atoms with van der Waals surface area (Å²) in [7, 11) is 0. The average molecular weight is 789 g/mol. The minimum absolute atomic E-state index is 0.700. The molecule has 4 heteroatoms. The number of benzene rings is 4. The third-order valence-corrected chi connectivity index (χ3v) is 12.2. The van der Waals surface area contributed by atoms with Crippen LogP contribution in [0.4, 0.5) is 0 Å². The van der Waals surface area contributed by atoms with Crippen molar-refractivity contribution in [1.29, 1.82) is 0 Å². The number of aromatic nitrogens is 4. The van der Waals surface area contributed by atoms with Crippen LogP contribution in [0.2, 0.25) is 0 Å². The molecule has 5 heterocycles. The lowest BCUT2D eigenvalue weighted by Crippen LogP contribution is -1.96. The summed E-state index contributed by atoms with van der Waals surface area (Å²) < 4.78 is 0. The van der Waals surface area contributed by atoms with Crippen LogP contribution < -0.4 is 0 Å². The molecule has 0 radical (unpaired) electrons. The van der Waals surface area contributed by atoms with Crippen LogP contribution in [-0.2, 0) is 0 Å². The van der Waals surface area contributed by atoms with Crippen LogP contribution >= 0.6 is 0 Å². The molecule has 296 valence electrons. The maximum Gasteiger partial charge on any atom is 0.0738 e. The van der Waals surface area contributed by atoms with Gasteiger partial charge in [-0.25, -0.2) is 9.97 Å². The Labute approximate surface area is 359 Å². The van der Waals surface area contributed by atoms with Crippen molar-refractivity contribution < 1.29 is 0 Å². The normalized spacial score (nSPS) is 11.9. The Morgan fingerprint density at radius 3 is 0.885 bits per heavy atom. The largest absolute Gasteiger partial charge is 0.354 e. The second kappa shape index (κ2) is 15.0. The Kier molecular flexibility index (Phi) is 9.62. The van der Waals surface area contributed by atoms with Crippen molar-refractivity contribution in [3.63, 3.8) is 0 Å². The number of H-pyrrole nitrogens is 2. The molecular weight excluding hydrogens is 741 g/mol. The van der Waals surface area contributed by atoms with E-state index in [1.54, 1.807) is 0 Å². The fourth-order valence-corrected chi connectivity index (χ4v) is 10.0. The standard InChI is InChI=1S/C57H48N4/c1-12-40-15-14-16-41(13-2)53(40)57-48-23-21-46(60-48)55(51-36(8)27-32(4)28-37(51)9)44-19-17-42(58-44)54(50-34(6)25-31(3)26-35(50)7)43-18-20-45(59-43)56(47-22-24-49(57)61-47)52-38(10)29-33(5)30-39(52)11/h1-2,14-30,58,61H,3-11H3. The van der Waals surface area contributed by atoms with Gasteiger partial charge in [0.15, 0.2) is 0 Å². The summed E-state index contributed by atoms with van der Waals surface area (Å²) in [6, 6.07) is 28.0. The number of nitrogens with one attached hydrogen (secondary N) is 2. The van der Waals surface area contributed by atoms with Gasteiger partial charge >= 0.3 is 0 Å². The summed E-state index contributed by atoms with van der Waals surface area (Å²) in [5, 5.41) is 0. The summed E-state index contributed by atoms with van der Waals surface area (Å²) in [5.41, 5.74) is 27.4. The van der Waals surface area contributed by atoms with Crippen LogP contribution in [0.25, 0.3) is 90.9 Å². The lowest BCUT2D eigenvalue weighted by atomic mass is 9.92. The second-order valence-electron chi connectivity index (χ2n) is 16.8. The van der Waals surface area contributed by atoms with Gasteiger partial charge in [-0.05, 0) is 173 Å². The van der Waals surface area contributed by atoms with Gasteiger partial charge in [0, 0.05) is 61.0 Å². The molecule has 0 spiro atoms. The van der Waals surface area contributed by atoms with E-state index in [-0.39, 0.29) is 0 Å². The monoisotopic (exact) mass is 788 g/mol. The van der Waals surface area contributed by atoms with E-state index in [0.717, 1.165) is 83.8 Å². The number of hydrogen-bond acceptors (Lipinski definition) is 2. The molecule has 2 aliphatic rings. The summed E-state index contributed by atoms with van der Waals surface area (Å²) in [6.45, 7) is 19.6. The maximum absolute atomic E-state index is 6.26. The Hall–Kier alpha value is -7.40. The highest BCUT2D eigenvalue weighted by Gasteiger charge is 2.23. The molecule has 0 unspecified atom stereocenters. The van der Waals surface area contributed by atoms with Crippen molar-refractivity contribution in [2.24, 2.45) is 0 Å². The summed E-state index contributed by atoms with van der Waals surface area (Å²) in [5.74, 6) is 5.88. The zero-order valence-electron chi connectivity index (χ0n) is 36.4. The van der Waals surface area contributed by atoms with Crippen LogP contribution in [0, 0.1) is 87.0 Å². The third-order valence-electron chi connectivity index (χ3n) is 12.2. The van der Waals surface area contributed by atoms with Crippen molar-refractivity contribution in [1.82, 2.24) is 19.9 Å². The average Bonchev–Trinajstić information content (AvgIpc) is 4.05. The highest BCUT2D eigenvalue weighted by atomic mass is 14.8. The van der Waals surface area contributed by atoms with E-state index >= 15 is 0 Å². The topological polar surface area (TPSA) is 57.4 Å². The third kappa shape index (κ3) is 6.62. The molecule has 4 nitrogen and oxygen atoms in total. The number of hydrogen-bond donors (Lipinski definition) is 2. The number of nitrogens with zero attached hydrogens (tertiary/aromatic N) is 2. The maximum atomic E-state index is 6.26. The van der Waals surface area contributed by atoms with Gasteiger partial charge in [0.1, 0.15) is 0 Å². The molecule has 8 bridgehead atoms. The van der Waals surface area contributed by atoms with E-state index in [9.17, 15) is 0 Å². The van der Waals surface area contributed by atoms with Crippen molar-refractivity contribution in [3.8, 4) is 69.2 Å². The lowest BCUT2D eigenvalue weighted by molar-refractivity contribution is 1.27. The Morgan fingerprint density at radius 1 is 0.361 bits per heavy atom. The van der Waals surface area contributed by atoms with Gasteiger partial charge in [0.2, 0.25) is 0 Å². The summed E-state index contributed by atoms with van der Waals surface area (Å²) in [4.78, 5) is 19.0. The number of rotatable bonds is 4. The summed E-state index contributed by atoms with van der Waals surface area (Å²) >= 11 is 0. The Morgan fingerprint density at radius 2 is 0.623 bits per heavy atom. The first-order valence-electron chi connectivity index (χ1n) is 20.8. The molecule has 0 fully saturated rings. The number of aryl methyl sites for hydroxylation is 9. The fraction of sp³-hybridized carbons (Fsp3) is 0.158. The first-order valence-corrected chi connectivity index (χ1v) is 20.8.